The summed E-state index contributed by atoms with van der Waals surface area (Å²) in [6.45, 7) is 7.96. The maximum absolute atomic E-state index is 12.0. The molecule has 1 atom stereocenters. The minimum Gasteiger partial charge on any atom is -0.303 e. The van der Waals surface area contributed by atoms with Crippen LogP contribution in [0, 0.1) is 13.8 Å². The summed E-state index contributed by atoms with van der Waals surface area (Å²) in [4.78, 5) is 0. The average molecular weight is 267 g/mol. The first-order valence-electron chi connectivity index (χ1n) is 6.24. The maximum atomic E-state index is 12.0. The molecule has 1 N–H and O–H groups in total. The zero-order valence-electron chi connectivity index (χ0n) is 11.4. The normalized spacial score (nSPS) is 25.9. The van der Waals surface area contributed by atoms with Gasteiger partial charge in [0, 0.05) is 11.6 Å². The number of benzene rings is 1. The first-order valence-corrected chi connectivity index (χ1v) is 8.06. The van der Waals surface area contributed by atoms with E-state index in [0.29, 0.717) is 0 Å². The van der Waals surface area contributed by atoms with Gasteiger partial charge in [0.1, 0.15) is 0 Å². The van der Waals surface area contributed by atoms with E-state index in [1.54, 1.807) is 0 Å². The van der Waals surface area contributed by atoms with E-state index in [2.05, 4.69) is 23.5 Å². The topological polar surface area (TPSA) is 46.2 Å². The van der Waals surface area contributed by atoms with Crippen molar-refractivity contribution in [1.82, 2.24) is 5.32 Å². The van der Waals surface area contributed by atoms with Crippen LogP contribution in [-0.4, -0.2) is 25.5 Å². The lowest BCUT2D eigenvalue weighted by Crippen LogP contribution is -2.54. The quantitative estimate of drug-likeness (QED) is 0.848. The van der Waals surface area contributed by atoms with Crippen molar-refractivity contribution in [2.75, 3.05) is 11.5 Å². The number of hydrogen-bond acceptors (Lipinski definition) is 3. The highest BCUT2D eigenvalue weighted by Crippen LogP contribution is 2.28. The van der Waals surface area contributed by atoms with Crippen molar-refractivity contribution < 1.29 is 8.42 Å². The minimum absolute atomic E-state index is 0.0985. The Hall–Kier alpha value is -0.870. The van der Waals surface area contributed by atoms with Crippen molar-refractivity contribution in [3.8, 4) is 0 Å². The second-order valence-corrected chi connectivity index (χ2v) is 8.10. The molecule has 0 aliphatic carbocycles. The fourth-order valence-electron chi connectivity index (χ4n) is 2.72. The van der Waals surface area contributed by atoms with Gasteiger partial charge in [0.05, 0.1) is 11.5 Å². The largest absolute Gasteiger partial charge is 0.303 e. The summed E-state index contributed by atoms with van der Waals surface area (Å²) < 4.78 is 24.0. The van der Waals surface area contributed by atoms with Crippen molar-refractivity contribution in [2.45, 2.75) is 39.3 Å². The summed E-state index contributed by atoms with van der Waals surface area (Å²) in [7, 11) is -2.98. The summed E-state index contributed by atoms with van der Waals surface area (Å²) >= 11 is 0. The SMILES string of the molecule is Cc1ccc(C)c(C2CS(=O)(=O)CC(C)(C)N2)c1. The standard InChI is InChI=1S/C14H21NO2S/c1-10-5-6-11(2)12(7-10)13-8-18(16,17)9-14(3,4)15-13/h5-7,13,15H,8-9H2,1-4H3. The molecule has 0 bridgehead atoms. The molecule has 1 saturated heterocycles. The molecular formula is C14H21NO2S. The third kappa shape index (κ3) is 2.93. The molecule has 1 aromatic rings. The second kappa shape index (κ2) is 4.35. The smallest absolute Gasteiger partial charge is 0.153 e. The van der Waals surface area contributed by atoms with Gasteiger partial charge in [-0.1, -0.05) is 23.8 Å². The molecule has 1 unspecified atom stereocenters. The highest BCUT2D eigenvalue weighted by atomic mass is 32.2. The molecule has 0 radical (unpaired) electrons. The number of rotatable bonds is 1. The number of sulfone groups is 1. The Morgan fingerprint density at radius 1 is 1.28 bits per heavy atom. The van der Waals surface area contributed by atoms with Crippen LogP contribution in [0.3, 0.4) is 0 Å². The van der Waals surface area contributed by atoms with E-state index in [0.717, 1.165) is 16.7 Å². The third-order valence-electron chi connectivity index (χ3n) is 3.38. The van der Waals surface area contributed by atoms with Crippen LogP contribution in [0.15, 0.2) is 18.2 Å². The van der Waals surface area contributed by atoms with Crippen molar-refractivity contribution in [1.29, 1.82) is 0 Å². The van der Waals surface area contributed by atoms with Crippen LogP contribution in [-0.2, 0) is 9.84 Å². The van der Waals surface area contributed by atoms with Crippen LogP contribution in [0.25, 0.3) is 0 Å². The molecule has 0 spiro atoms. The lowest BCUT2D eigenvalue weighted by atomic mass is 9.97. The summed E-state index contributed by atoms with van der Waals surface area (Å²) in [5.41, 5.74) is 3.05. The average Bonchev–Trinajstić information content (AvgIpc) is 2.17. The summed E-state index contributed by atoms with van der Waals surface area (Å²) in [6, 6.07) is 6.10. The Morgan fingerprint density at radius 3 is 2.56 bits per heavy atom. The predicted molar refractivity (Wildman–Crippen MR) is 74.5 cm³/mol. The van der Waals surface area contributed by atoms with E-state index >= 15 is 0 Å². The van der Waals surface area contributed by atoms with Gasteiger partial charge in [0.25, 0.3) is 0 Å². The molecule has 4 heteroatoms. The third-order valence-corrected chi connectivity index (χ3v) is 5.38. The molecule has 1 aliphatic heterocycles. The molecular weight excluding hydrogens is 246 g/mol. The highest BCUT2D eigenvalue weighted by molar-refractivity contribution is 7.91. The summed E-state index contributed by atoms with van der Waals surface area (Å²) in [5.74, 6) is 0.405. The van der Waals surface area contributed by atoms with E-state index in [-0.39, 0.29) is 23.1 Å². The van der Waals surface area contributed by atoms with Crippen LogP contribution < -0.4 is 5.32 Å². The minimum atomic E-state index is -2.98. The Labute approximate surface area is 110 Å². The number of aryl methyl sites for hydroxylation is 2. The van der Waals surface area contributed by atoms with Gasteiger partial charge in [-0.2, -0.15) is 0 Å². The summed E-state index contributed by atoms with van der Waals surface area (Å²) in [6.07, 6.45) is 0. The zero-order chi connectivity index (χ0) is 13.6. The van der Waals surface area contributed by atoms with Gasteiger partial charge >= 0.3 is 0 Å². The Balaban J connectivity index is 2.41. The first kappa shape index (κ1) is 13.6. The fourth-order valence-corrected chi connectivity index (χ4v) is 4.79. The molecule has 2 rings (SSSR count). The Bertz CT molecular complexity index is 561. The van der Waals surface area contributed by atoms with E-state index in [9.17, 15) is 8.42 Å². The predicted octanol–water partition coefficient (Wildman–Crippen LogP) is 2.14. The van der Waals surface area contributed by atoms with Crippen molar-refractivity contribution in [2.24, 2.45) is 0 Å². The monoisotopic (exact) mass is 267 g/mol. The van der Waals surface area contributed by atoms with E-state index in [1.165, 1.54) is 0 Å². The summed E-state index contributed by atoms with van der Waals surface area (Å²) in [5, 5.41) is 3.45. The van der Waals surface area contributed by atoms with E-state index in [1.807, 2.05) is 27.7 Å². The molecule has 100 valence electrons. The second-order valence-electron chi connectivity index (χ2n) is 6.00. The molecule has 18 heavy (non-hydrogen) atoms. The zero-order valence-corrected chi connectivity index (χ0v) is 12.3. The molecule has 1 heterocycles. The van der Waals surface area contributed by atoms with Crippen LogP contribution in [0.5, 0.6) is 0 Å². The Morgan fingerprint density at radius 2 is 1.94 bits per heavy atom. The van der Waals surface area contributed by atoms with Gasteiger partial charge in [-0.25, -0.2) is 8.42 Å². The van der Waals surface area contributed by atoms with Crippen LogP contribution in [0.4, 0.5) is 0 Å². The van der Waals surface area contributed by atoms with Crippen LogP contribution in [0.1, 0.15) is 36.6 Å². The lowest BCUT2D eigenvalue weighted by molar-refractivity contribution is 0.359. The van der Waals surface area contributed by atoms with Crippen molar-refractivity contribution in [3.05, 3.63) is 34.9 Å². The molecule has 1 aliphatic rings. The highest BCUT2D eigenvalue weighted by Gasteiger charge is 2.37. The van der Waals surface area contributed by atoms with Crippen LogP contribution in [0.2, 0.25) is 0 Å². The van der Waals surface area contributed by atoms with Gasteiger partial charge in [-0.15, -0.1) is 0 Å². The number of hydrogen-bond donors (Lipinski definition) is 1. The van der Waals surface area contributed by atoms with Gasteiger partial charge < -0.3 is 5.32 Å². The molecule has 0 saturated carbocycles. The first-order chi connectivity index (χ1) is 8.19. The maximum Gasteiger partial charge on any atom is 0.153 e. The molecule has 1 fully saturated rings. The van der Waals surface area contributed by atoms with Gasteiger partial charge in [0.15, 0.2) is 9.84 Å². The molecule has 0 aromatic heterocycles. The van der Waals surface area contributed by atoms with E-state index < -0.39 is 9.84 Å². The van der Waals surface area contributed by atoms with Crippen molar-refractivity contribution >= 4 is 9.84 Å². The Kier molecular flexibility index (Phi) is 3.28. The van der Waals surface area contributed by atoms with Crippen molar-refractivity contribution in [3.63, 3.8) is 0 Å². The van der Waals surface area contributed by atoms with Gasteiger partial charge in [0.2, 0.25) is 0 Å². The molecule has 1 aromatic carbocycles. The lowest BCUT2D eigenvalue weighted by Gasteiger charge is -2.37. The van der Waals surface area contributed by atoms with Crippen LogP contribution >= 0.6 is 0 Å². The fraction of sp³-hybridized carbons (Fsp3) is 0.571. The molecule has 3 nitrogen and oxygen atoms in total. The molecule has 0 amide bonds. The van der Waals surface area contributed by atoms with Gasteiger partial charge in [-0.05, 0) is 38.8 Å². The van der Waals surface area contributed by atoms with Gasteiger partial charge in [-0.3, -0.25) is 0 Å². The van der Waals surface area contributed by atoms with E-state index in [4.69, 9.17) is 0 Å². The number of nitrogens with one attached hydrogen (secondary N) is 1.